The molecule has 0 saturated heterocycles. The summed E-state index contributed by atoms with van der Waals surface area (Å²) in [5.74, 6) is -0.0962. The second kappa shape index (κ2) is 6.91. The number of hydrogen-bond donors (Lipinski definition) is 1. The van der Waals surface area contributed by atoms with Gasteiger partial charge in [-0.1, -0.05) is 0 Å². The second-order valence-corrected chi connectivity index (χ2v) is 4.87. The van der Waals surface area contributed by atoms with Crippen LogP contribution in [0.5, 0.6) is 11.5 Å². The second-order valence-electron chi connectivity index (χ2n) is 3.96. The SMILES string of the molecule is O=C(O)c1cc(OCCCOc2ccc(F)cc2)cs1. The molecule has 0 unspecified atom stereocenters. The van der Waals surface area contributed by atoms with Gasteiger partial charge in [0.15, 0.2) is 0 Å². The minimum absolute atomic E-state index is 0.252. The largest absolute Gasteiger partial charge is 0.493 e. The lowest BCUT2D eigenvalue weighted by Gasteiger charge is -2.06. The average molecular weight is 296 g/mol. The van der Waals surface area contributed by atoms with Crippen LogP contribution < -0.4 is 9.47 Å². The van der Waals surface area contributed by atoms with Gasteiger partial charge in [-0.2, -0.15) is 0 Å². The molecule has 1 N–H and O–H groups in total. The molecule has 0 aliphatic rings. The number of carboxylic acids is 1. The van der Waals surface area contributed by atoms with Crippen molar-refractivity contribution in [2.45, 2.75) is 6.42 Å². The summed E-state index contributed by atoms with van der Waals surface area (Å²) < 4.78 is 23.5. The van der Waals surface area contributed by atoms with Gasteiger partial charge >= 0.3 is 5.97 Å². The highest BCUT2D eigenvalue weighted by Crippen LogP contribution is 2.21. The molecule has 0 atom stereocenters. The predicted molar refractivity (Wildman–Crippen MR) is 73.3 cm³/mol. The number of thiophene rings is 1. The first-order valence-electron chi connectivity index (χ1n) is 5.98. The van der Waals surface area contributed by atoms with Gasteiger partial charge in [-0.05, 0) is 24.3 Å². The minimum atomic E-state index is -0.954. The number of halogens is 1. The highest BCUT2D eigenvalue weighted by atomic mass is 32.1. The molecule has 4 nitrogen and oxygen atoms in total. The first kappa shape index (κ1) is 14.3. The van der Waals surface area contributed by atoms with Crippen LogP contribution in [0.15, 0.2) is 35.7 Å². The van der Waals surface area contributed by atoms with Crippen molar-refractivity contribution in [2.75, 3.05) is 13.2 Å². The number of benzene rings is 1. The Morgan fingerprint density at radius 2 is 1.80 bits per heavy atom. The lowest BCUT2D eigenvalue weighted by molar-refractivity contribution is 0.0701. The summed E-state index contributed by atoms with van der Waals surface area (Å²) in [5, 5.41) is 10.4. The Hall–Kier alpha value is -2.08. The van der Waals surface area contributed by atoms with E-state index < -0.39 is 5.97 Å². The normalized spacial score (nSPS) is 10.2. The summed E-state index contributed by atoms with van der Waals surface area (Å²) in [6.07, 6.45) is 0.648. The number of carboxylic acid groups (broad SMARTS) is 1. The first-order valence-corrected chi connectivity index (χ1v) is 6.86. The predicted octanol–water partition coefficient (Wildman–Crippen LogP) is 3.43. The summed E-state index contributed by atoms with van der Waals surface area (Å²) in [6, 6.07) is 7.30. The zero-order valence-corrected chi connectivity index (χ0v) is 11.4. The van der Waals surface area contributed by atoms with Crippen molar-refractivity contribution in [1.29, 1.82) is 0 Å². The highest BCUT2D eigenvalue weighted by molar-refractivity contribution is 7.12. The van der Waals surface area contributed by atoms with Gasteiger partial charge in [-0.3, -0.25) is 0 Å². The quantitative estimate of drug-likeness (QED) is 0.795. The van der Waals surface area contributed by atoms with Gasteiger partial charge in [0.2, 0.25) is 0 Å². The first-order chi connectivity index (χ1) is 9.65. The molecule has 0 spiro atoms. The van der Waals surface area contributed by atoms with Crippen LogP contribution in [-0.2, 0) is 0 Å². The third-order valence-electron chi connectivity index (χ3n) is 2.43. The molecule has 0 fully saturated rings. The molecule has 0 aliphatic carbocycles. The zero-order chi connectivity index (χ0) is 14.4. The molecule has 1 aromatic carbocycles. The molecule has 0 bridgehead atoms. The minimum Gasteiger partial charge on any atom is -0.493 e. The highest BCUT2D eigenvalue weighted by Gasteiger charge is 2.07. The van der Waals surface area contributed by atoms with Gasteiger partial charge in [0, 0.05) is 17.9 Å². The van der Waals surface area contributed by atoms with E-state index in [2.05, 4.69) is 0 Å². The fourth-order valence-electron chi connectivity index (χ4n) is 1.48. The van der Waals surface area contributed by atoms with Gasteiger partial charge in [0.25, 0.3) is 0 Å². The number of ether oxygens (including phenoxy) is 2. The standard InChI is InChI=1S/C14H13FO4S/c15-10-2-4-11(5-3-10)18-6-1-7-19-12-8-13(14(16)17)20-9-12/h2-5,8-9H,1,6-7H2,(H,16,17). The van der Waals surface area contributed by atoms with E-state index in [4.69, 9.17) is 14.6 Å². The lowest BCUT2D eigenvalue weighted by atomic mass is 10.3. The maximum Gasteiger partial charge on any atom is 0.346 e. The van der Waals surface area contributed by atoms with Gasteiger partial charge < -0.3 is 14.6 Å². The molecule has 2 rings (SSSR count). The van der Waals surface area contributed by atoms with Crippen molar-refractivity contribution >= 4 is 17.3 Å². The van der Waals surface area contributed by atoms with Gasteiger partial charge in [-0.25, -0.2) is 9.18 Å². The Morgan fingerprint density at radius 1 is 1.15 bits per heavy atom. The smallest absolute Gasteiger partial charge is 0.346 e. The van der Waals surface area contributed by atoms with E-state index in [1.165, 1.54) is 18.2 Å². The van der Waals surface area contributed by atoms with Crippen molar-refractivity contribution in [3.8, 4) is 11.5 Å². The van der Waals surface area contributed by atoms with Crippen molar-refractivity contribution in [2.24, 2.45) is 0 Å². The van der Waals surface area contributed by atoms with Gasteiger partial charge in [-0.15, -0.1) is 11.3 Å². The Bertz CT molecular complexity index is 565. The van der Waals surface area contributed by atoms with E-state index in [9.17, 15) is 9.18 Å². The van der Waals surface area contributed by atoms with E-state index in [-0.39, 0.29) is 10.7 Å². The van der Waals surface area contributed by atoms with E-state index >= 15 is 0 Å². The molecule has 0 amide bonds. The molecular weight excluding hydrogens is 283 g/mol. The van der Waals surface area contributed by atoms with Crippen LogP contribution in [0.1, 0.15) is 16.1 Å². The van der Waals surface area contributed by atoms with Crippen LogP contribution in [0.25, 0.3) is 0 Å². The van der Waals surface area contributed by atoms with E-state index in [1.54, 1.807) is 17.5 Å². The fourth-order valence-corrected chi connectivity index (χ4v) is 2.14. The van der Waals surface area contributed by atoms with Crippen LogP contribution in [0.2, 0.25) is 0 Å². The fraction of sp³-hybridized carbons (Fsp3) is 0.214. The number of hydrogen-bond acceptors (Lipinski definition) is 4. The number of rotatable bonds is 7. The molecule has 0 radical (unpaired) electrons. The maximum atomic E-state index is 12.7. The molecule has 0 saturated carbocycles. The van der Waals surface area contributed by atoms with Crippen LogP contribution >= 0.6 is 11.3 Å². The van der Waals surface area contributed by atoms with Crippen molar-refractivity contribution < 1.29 is 23.8 Å². The topological polar surface area (TPSA) is 55.8 Å². The molecule has 1 heterocycles. The average Bonchev–Trinajstić information content (AvgIpc) is 2.89. The van der Waals surface area contributed by atoms with E-state index in [0.29, 0.717) is 31.1 Å². The summed E-state index contributed by atoms with van der Waals surface area (Å²) in [7, 11) is 0. The molecule has 2 aromatic rings. The van der Waals surface area contributed by atoms with E-state index in [1.807, 2.05) is 0 Å². The van der Waals surface area contributed by atoms with Crippen molar-refractivity contribution in [1.82, 2.24) is 0 Å². The van der Waals surface area contributed by atoms with E-state index in [0.717, 1.165) is 11.3 Å². The molecule has 1 aromatic heterocycles. The maximum absolute atomic E-state index is 12.7. The van der Waals surface area contributed by atoms with Gasteiger partial charge in [0.1, 0.15) is 22.2 Å². The third kappa shape index (κ3) is 4.24. The number of carbonyl (C=O) groups is 1. The molecular formula is C14H13FO4S. The monoisotopic (exact) mass is 296 g/mol. The summed E-state index contributed by atoms with van der Waals surface area (Å²) >= 11 is 1.13. The zero-order valence-electron chi connectivity index (χ0n) is 10.5. The summed E-state index contributed by atoms with van der Waals surface area (Å²) in [4.78, 5) is 10.9. The van der Waals surface area contributed by atoms with Crippen LogP contribution in [0.3, 0.4) is 0 Å². The van der Waals surface area contributed by atoms with Crippen LogP contribution in [-0.4, -0.2) is 24.3 Å². The Labute approximate surface area is 119 Å². The van der Waals surface area contributed by atoms with Crippen LogP contribution in [0.4, 0.5) is 4.39 Å². The van der Waals surface area contributed by atoms with Gasteiger partial charge in [0.05, 0.1) is 13.2 Å². The molecule has 0 aliphatic heterocycles. The third-order valence-corrected chi connectivity index (χ3v) is 3.32. The van der Waals surface area contributed by atoms with Crippen molar-refractivity contribution in [3.63, 3.8) is 0 Å². The Morgan fingerprint density at radius 3 is 2.40 bits per heavy atom. The summed E-state index contributed by atoms with van der Waals surface area (Å²) in [6.45, 7) is 0.874. The molecule has 20 heavy (non-hydrogen) atoms. The lowest BCUT2D eigenvalue weighted by Crippen LogP contribution is -2.04. The summed E-state index contributed by atoms with van der Waals surface area (Å²) in [5.41, 5.74) is 0. The van der Waals surface area contributed by atoms with Crippen molar-refractivity contribution in [3.05, 3.63) is 46.4 Å². The Balaban J connectivity index is 1.66. The number of aromatic carboxylic acids is 1. The molecule has 6 heteroatoms. The van der Waals surface area contributed by atoms with Crippen LogP contribution in [0, 0.1) is 5.82 Å². The molecule has 106 valence electrons. The Kier molecular flexibility index (Phi) is 4.95.